The molecule has 0 spiro atoms. The lowest BCUT2D eigenvalue weighted by atomic mass is 9.73. The zero-order chi connectivity index (χ0) is 12.5. The highest BCUT2D eigenvalue weighted by molar-refractivity contribution is 5.00. The van der Waals surface area contributed by atoms with Gasteiger partial charge >= 0.3 is 0 Å². The molecule has 0 saturated heterocycles. The molecule has 100 valence electrons. The maximum Gasteiger partial charge on any atom is 0.0332 e. The summed E-state index contributed by atoms with van der Waals surface area (Å²) in [6.07, 6.45) is 9.38. The number of hydrogen-bond acceptors (Lipinski definition) is 2. The first kappa shape index (κ1) is 13.4. The van der Waals surface area contributed by atoms with E-state index >= 15 is 0 Å². The van der Waals surface area contributed by atoms with Gasteiger partial charge in [-0.3, -0.25) is 0 Å². The second-order valence-electron chi connectivity index (χ2n) is 7.26. The van der Waals surface area contributed by atoms with Gasteiger partial charge in [0.2, 0.25) is 0 Å². The second-order valence-corrected chi connectivity index (χ2v) is 7.26. The first-order valence-electron chi connectivity index (χ1n) is 7.45. The fourth-order valence-corrected chi connectivity index (χ4v) is 3.96. The minimum Gasteiger partial charge on any atom is -0.329 e. The van der Waals surface area contributed by atoms with Crippen LogP contribution in [0.1, 0.15) is 65.7 Å². The van der Waals surface area contributed by atoms with Crippen molar-refractivity contribution >= 4 is 0 Å². The topological polar surface area (TPSA) is 38.0 Å². The van der Waals surface area contributed by atoms with E-state index in [2.05, 4.69) is 26.1 Å². The van der Waals surface area contributed by atoms with E-state index in [0.29, 0.717) is 11.5 Å². The molecular weight excluding hydrogens is 208 g/mol. The average molecular weight is 238 g/mol. The molecule has 17 heavy (non-hydrogen) atoms. The van der Waals surface area contributed by atoms with Crippen LogP contribution >= 0.6 is 0 Å². The Morgan fingerprint density at radius 3 is 2.47 bits per heavy atom. The van der Waals surface area contributed by atoms with Gasteiger partial charge < -0.3 is 11.1 Å². The third-order valence-electron chi connectivity index (χ3n) is 5.28. The first-order chi connectivity index (χ1) is 7.97. The Kier molecular flexibility index (Phi) is 3.84. The fraction of sp³-hybridized carbons (Fsp3) is 1.00. The standard InChI is InChI=1S/C15H30N2/c1-12-6-4-5-8-15(12,11-16)17-13-7-9-14(2,3)10-13/h12-13,17H,4-11,16H2,1-3H3. The molecule has 2 fully saturated rings. The van der Waals surface area contributed by atoms with Crippen molar-refractivity contribution in [1.82, 2.24) is 5.32 Å². The predicted octanol–water partition coefficient (Wildman–Crippen LogP) is 3.06. The Balaban J connectivity index is 1.99. The summed E-state index contributed by atoms with van der Waals surface area (Å²) in [5, 5.41) is 3.96. The Morgan fingerprint density at radius 1 is 1.18 bits per heavy atom. The molecule has 3 unspecified atom stereocenters. The van der Waals surface area contributed by atoms with Gasteiger partial charge in [0, 0.05) is 18.1 Å². The van der Waals surface area contributed by atoms with Crippen LogP contribution in [-0.4, -0.2) is 18.1 Å². The lowest BCUT2D eigenvalue weighted by molar-refractivity contribution is 0.142. The van der Waals surface area contributed by atoms with Gasteiger partial charge in [-0.25, -0.2) is 0 Å². The summed E-state index contributed by atoms with van der Waals surface area (Å²) < 4.78 is 0. The molecule has 0 aromatic heterocycles. The predicted molar refractivity (Wildman–Crippen MR) is 74.0 cm³/mol. The Hall–Kier alpha value is -0.0800. The summed E-state index contributed by atoms with van der Waals surface area (Å²) in [6.45, 7) is 7.99. The van der Waals surface area contributed by atoms with Crippen LogP contribution in [0.15, 0.2) is 0 Å². The number of nitrogens with one attached hydrogen (secondary N) is 1. The zero-order valence-corrected chi connectivity index (χ0v) is 11.9. The summed E-state index contributed by atoms with van der Waals surface area (Å²) in [5.74, 6) is 0.741. The summed E-state index contributed by atoms with van der Waals surface area (Å²) in [6, 6.07) is 0.703. The van der Waals surface area contributed by atoms with Gasteiger partial charge in [0.05, 0.1) is 0 Å². The van der Waals surface area contributed by atoms with E-state index < -0.39 is 0 Å². The van der Waals surface area contributed by atoms with E-state index in [1.165, 1.54) is 44.9 Å². The fourth-order valence-electron chi connectivity index (χ4n) is 3.96. The minimum absolute atomic E-state index is 0.239. The third-order valence-corrected chi connectivity index (χ3v) is 5.28. The van der Waals surface area contributed by atoms with E-state index in [1.54, 1.807) is 0 Å². The molecule has 0 bridgehead atoms. The van der Waals surface area contributed by atoms with Crippen molar-refractivity contribution in [1.29, 1.82) is 0 Å². The van der Waals surface area contributed by atoms with Crippen molar-refractivity contribution in [3.63, 3.8) is 0 Å². The van der Waals surface area contributed by atoms with Gasteiger partial charge in [-0.05, 0) is 43.4 Å². The molecule has 0 aromatic carbocycles. The summed E-state index contributed by atoms with van der Waals surface area (Å²) in [5.41, 5.74) is 6.88. The van der Waals surface area contributed by atoms with E-state index in [4.69, 9.17) is 5.73 Å². The monoisotopic (exact) mass is 238 g/mol. The summed E-state index contributed by atoms with van der Waals surface area (Å²) in [7, 11) is 0. The van der Waals surface area contributed by atoms with Crippen molar-refractivity contribution in [3.05, 3.63) is 0 Å². The molecule has 2 saturated carbocycles. The van der Waals surface area contributed by atoms with Crippen LogP contribution in [0, 0.1) is 11.3 Å². The minimum atomic E-state index is 0.239. The van der Waals surface area contributed by atoms with E-state index in [9.17, 15) is 0 Å². The Morgan fingerprint density at radius 2 is 1.94 bits per heavy atom. The number of nitrogens with two attached hydrogens (primary N) is 1. The van der Waals surface area contributed by atoms with Crippen LogP contribution in [0.2, 0.25) is 0 Å². The van der Waals surface area contributed by atoms with Crippen molar-refractivity contribution in [2.45, 2.75) is 77.3 Å². The second kappa shape index (κ2) is 4.89. The molecule has 0 amide bonds. The highest BCUT2D eigenvalue weighted by Crippen LogP contribution is 2.40. The molecule has 3 N–H and O–H groups in total. The van der Waals surface area contributed by atoms with Crippen LogP contribution < -0.4 is 11.1 Å². The maximum absolute atomic E-state index is 6.11. The largest absolute Gasteiger partial charge is 0.329 e. The van der Waals surface area contributed by atoms with Crippen LogP contribution in [-0.2, 0) is 0 Å². The van der Waals surface area contributed by atoms with E-state index in [-0.39, 0.29) is 5.54 Å². The smallest absolute Gasteiger partial charge is 0.0332 e. The number of rotatable bonds is 3. The normalized spacial score (nSPS) is 41.6. The van der Waals surface area contributed by atoms with Gasteiger partial charge in [-0.15, -0.1) is 0 Å². The van der Waals surface area contributed by atoms with Gasteiger partial charge in [0.1, 0.15) is 0 Å². The molecule has 2 nitrogen and oxygen atoms in total. The molecule has 2 aliphatic rings. The van der Waals surface area contributed by atoms with Crippen LogP contribution in [0.5, 0.6) is 0 Å². The molecular formula is C15H30N2. The van der Waals surface area contributed by atoms with Gasteiger partial charge in [0.25, 0.3) is 0 Å². The lowest BCUT2D eigenvalue weighted by Crippen LogP contribution is -2.60. The molecule has 3 atom stereocenters. The average Bonchev–Trinajstić information content (AvgIpc) is 2.61. The molecule has 0 radical (unpaired) electrons. The zero-order valence-electron chi connectivity index (χ0n) is 11.9. The van der Waals surface area contributed by atoms with Gasteiger partial charge in [0.15, 0.2) is 0 Å². The molecule has 2 heteroatoms. The summed E-state index contributed by atoms with van der Waals surface area (Å²) >= 11 is 0. The van der Waals surface area contributed by atoms with Crippen LogP contribution in [0.3, 0.4) is 0 Å². The Labute approximate surface area is 107 Å². The Bertz CT molecular complexity index is 262. The van der Waals surface area contributed by atoms with Crippen LogP contribution in [0.4, 0.5) is 0 Å². The van der Waals surface area contributed by atoms with Gasteiger partial charge in [-0.2, -0.15) is 0 Å². The highest BCUT2D eigenvalue weighted by Gasteiger charge is 2.41. The van der Waals surface area contributed by atoms with Crippen molar-refractivity contribution in [2.24, 2.45) is 17.1 Å². The lowest BCUT2D eigenvalue weighted by Gasteiger charge is -2.45. The van der Waals surface area contributed by atoms with Crippen LogP contribution in [0.25, 0.3) is 0 Å². The summed E-state index contributed by atoms with van der Waals surface area (Å²) in [4.78, 5) is 0. The molecule has 0 heterocycles. The first-order valence-corrected chi connectivity index (χ1v) is 7.45. The van der Waals surface area contributed by atoms with Crippen molar-refractivity contribution in [2.75, 3.05) is 6.54 Å². The molecule has 2 aliphatic carbocycles. The van der Waals surface area contributed by atoms with E-state index in [1.807, 2.05) is 0 Å². The molecule has 0 aliphatic heterocycles. The SMILES string of the molecule is CC1CCCCC1(CN)NC1CCC(C)(C)C1. The quantitative estimate of drug-likeness (QED) is 0.793. The van der Waals surface area contributed by atoms with E-state index in [0.717, 1.165) is 12.5 Å². The van der Waals surface area contributed by atoms with Crippen molar-refractivity contribution < 1.29 is 0 Å². The third kappa shape index (κ3) is 2.85. The molecule has 0 aromatic rings. The molecule has 2 rings (SSSR count). The van der Waals surface area contributed by atoms with Gasteiger partial charge in [-0.1, -0.05) is 33.6 Å². The number of hydrogen-bond donors (Lipinski definition) is 2. The van der Waals surface area contributed by atoms with Crippen molar-refractivity contribution in [3.8, 4) is 0 Å². The highest BCUT2D eigenvalue weighted by atomic mass is 15.0. The maximum atomic E-state index is 6.11.